The molecule has 2 aliphatic heterocycles. The van der Waals surface area contributed by atoms with Crippen molar-refractivity contribution in [2.45, 2.75) is 127 Å². The van der Waals surface area contributed by atoms with Crippen molar-refractivity contribution in [3.63, 3.8) is 0 Å². The van der Waals surface area contributed by atoms with E-state index in [4.69, 9.17) is 4.74 Å². The average Bonchev–Trinajstić information content (AvgIpc) is 4.16. The zero-order valence-electron chi connectivity index (χ0n) is 37.5. The predicted octanol–water partition coefficient (Wildman–Crippen LogP) is 7.62. The molecular weight excluding hydrogens is 791 g/mol. The standard InChI is InChI=1S/C52H69N5O6/c1-3-4-5-6-7-8-9-10-11-12-13-20-29-53-48(58)44-34-57(35-47(44)63-2)52(62)39-27-25-38(26-28-39)51(61)56-32-42(49(59)54-45-30-40(45)36-21-16-14-17-22-36)43(33-56)50(60)55-46-31-41(46)37-23-18-15-19-24-37/h14-19,21-28,40-47H,3-13,20,29-35H2,1-2H3,(H,53,58)(H,54,59)(H,55,60)/t40-,41-,42-,43-,44-,45+,46+,47-/m1/s1. The van der Waals surface area contributed by atoms with Crippen molar-refractivity contribution in [2.75, 3.05) is 39.8 Å². The fourth-order valence-electron chi connectivity index (χ4n) is 9.79. The summed E-state index contributed by atoms with van der Waals surface area (Å²) >= 11 is 0. The second-order valence-electron chi connectivity index (χ2n) is 18.5. The van der Waals surface area contributed by atoms with Crippen LogP contribution in [-0.2, 0) is 19.1 Å². The number of nitrogens with one attached hydrogen (secondary N) is 3. The molecule has 2 saturated carbocycles. The van der Waals surface area contributed by atoms with E-state index in [1.165, 1.54) is 75.3 Å². The van der Waals surface area contributed by atoms with Gasteiger partial charge in [0.1, 0.15) is 0 Å². The van der Waals surface area contributed by atoms with Crippen molar-refractivity contribution in [2.24, 2.45) is 17.8 Å². The van der Waals surface area contributed by atoms with Gasteiger partial charge in [-0.05, 0) is 54.7 Å². The molecule has 3 N–H and O–H groups in total. The molecule has 3 aromatic rings. The van der Waals surface area contributed by atoms with Crippen molar-refractivity contribution < 1.29 is 28.7 Å². The summed E-state index contributed by atoms with van der Waals surface area (Å²) in [6.07, 6.45) is 16.4. The summed E-state index contributed by atoms with van der Waals surface area (Å²) < 4.78 is 5.68. The van der Waals surface area contributed by atoms with Crippen LogP contribution in [0.1, 0.15) is 140 Å². The first kappa shape index (κ1) is 46.0. The number of nitrogens with zero attached hydrogens (tertiary/aromatic N) is 2. The smallest absolute Gasteiger partial charge is 0.253 e. The largest absolute Gasteiger partial charge is 0.379 e. The van der Waals surface area contributed by atoms with E-state index in [2.05, 4.69) is 47.1 Å². The van der Waals surface area contributed by atoms with Crippen molar-refractivity contribution in [3.8, 4) is 0 Å². The topological polar surface area (TPSA) is 137 Å². The Morgan fingerprint density at radius 2 is 0.937 bits per heavy atom. The zero-order valence-corrected chi connectivity index (χ0v) is 37.5. The summed E-state index contributed by atoms with van der Waals surface area (Å²) in [6.45, 7) is 3.66. The van der Waals surface area contributed by atoms with Crippen LogP contribution in [0.4, 0.5) is 0 Å². The fraction of sp³-hybridized carbons (Fsp3) is 0.558. The van der Waals surface area contributed by atoms with Crippen LogP contribution in [0.25, 0.3) is 0 Å². The first-order chi connectivity index (χ1) is 30.7. The number of ether oxygens (including phenoxy) is 1. The Hall–Kier alpha value is -5.03. The van der Waals surface area contributed by atoms with Crippen molar-refractivity contribution in [1.82, 2.24) is 25.8 Å². The van der Waals surface area contributed by atoms with Gasteiger partial charge in [-0.2, -0.15) is 0 Å². The summed E-state index contributed by atoms with van der Waals surface area (Å²) in [5.41, 5.74) is 3.13. The van der Waals surface area contributed by atoms with Crippen molar-refractivity contribution in [3.05, 3.63) is 107 Å². The maximum Gasteiger partial charge on any atom is 0.253 e. The number of methoxy groups -OCH3 is 1. The molecule has 0 bridgehead atoms. The Bertz CT molecular complexity index is 1900. The maximum absolute atomic E-state index is 14.0. The first-order valence-corrected chi connectivity index (χ1v) is 24.0. The molecule has 7 rings (SSSR count). The fourth-order valence-corrected chi connectivity index (χ4v) is 9.79. The number of carbonyl (C=O) groups excluding carboxylic acids is 5. The van der Waals surface area contributed by atoms with Gasteiger partial charge in [0, 0.05) is 74.9 Å². The highest BCUT2D eigenvalue weighted by Gasteiger charge is 2.49. The number of hydrogen-bond donors (Lipinski definition) is 3. The lowest BCUT2D eigenvalue weighted by Gasteiger charge is -2.18. The van der Waals surface area contributed by atoms with E-state index in [1.807, 2.05) is 36.4 Å². The summed E-state index contributed by atoms with van der Waals surface area (Å²) in [4.78, 5) is 72.0. The molecule has 8 atom stereocenters. The lowest BCUT2D eigenvalue weighted by atomic mass is 9.94. The number of likely N-dealkylation sites (tertiary alicyclic amines) is 2. The van der Waals surface area contributed by atoms with Crippen LogP contribution in [0, 0.1) is 17.8 Å². The molecule has 4 fully saturated rings. The Labute approximate surface area is 374 Å². The van der Waals surface area contributed by atoms with Crippen LogP contribution in [0.3, 0.4) is 0 Å². The van der Waals surface area contributed by atoms with Gasteiger partial charge < -0.3 is 30.5 Å². The van der Waals surface area contributed by atoms with Gasteiger partial charge >= 0.3 is 0 Å². The van der Waals surface area contributed by atoms with Gasteiger partial charge in [-0.1, -0.05) is 138 Å². The Morgan fingerprint density at radius 3 is 1.38 bits per heavy atom. The minimum absolute atomic E-state index is 0.00663. The summed E-state index contributed by atoms with van der Waals surface area (Å²) in [5, 5.41) is 9.47. The number of benzene rings is 3. The third-order valence-electron chi connectivity index (χ3n) is 13.9. The van der Waals surface area contributed by atoms with Gasteiger partial charge in [0.15, 0.2) is 0 Å². The van der Waals surface area contributed by atoms with E-state index in [0.717, 1.165) is 25.7 Å². The van der Waals surface area contributed by atoms with E-state index in [0.29, 0.717) is 24.2 Å². The van der Waals surface area contributed by atoms with Crippen LogP contribution in [0.2, 0.25) is 0 Å². The van der Waals surface area contributed by atoms with Gasteiger partial charge in [0.2, 0.25) is 17.7 Å². The van der Waals surface area contributed by atoms with Gasteiger partial charge in [-0.3, -0.25) is 24.0 Å². The molecule has 4 aliphatic rings. The van der Waals surface area contributed by atoms with Crippen LogP contribution >= 0.6 is 0 Å². The average molecular weight is 860 g/mol. The van der Waals surface area contributed by atoms with E-state index in [1.54, 1.807) is 41.2 Å². The molecule has 338 valence electrons. The second-order valence-corrected chi connectivity index (χ2v) is 18.5. The quantitative estimate of drug-likeness (QED) is 0.0840. The van der Waals surface area contributed by atoms with Gasteiger partial charge in [0.25, 0.3) is 11.8 Å². The molecule has 63 heavy (non-hydrogen) atoms. The summed E-state index contributed by atoms with van der Waals surface area (Å²) in [6, 6.07) is 26.7. The Morgan fingerprint density at radius 1 is 0.524 bits per heavy atom. The monoisotopic (exact) mass is 860 g/mol. The molecule has 2 saturated heterocycles. The van der Waals surface area contributed by atoms with Gasteiger partial charge in [0.05, 0.1) is 23.9 Å². The minimum atomic E-state index is -0.695. The summed E-state index contributed by atoms with van der Waals surface area (Å²) in [5.74, 6) is -2.42. The molecule has 2 aliphatic carbocycles. The molecule has 0 unspecified atom stereocenters. The lowest BCUT2D eigenvalue weighted by molar-refractivity contribution is -0.133. The van der Waals surface area contributed by atoms with E-state index >= 15 is 0 Å². The molecule has 2 heterocycles. The zero-order chi connectivity index (χ0) is 44.1. The minimum Gasteiger partial charge on any atom is -0.379 e. The summed E-state index contributed by atoms with van der Waals surface area (Å²) in [7, 11) is 1.58. The third kappa shape index (κ3) is 12.4. The number of carbonyl (C=O) groups is 5. The second kappa shape index (κ2) is 22.5. The van der Waals surface area contributed by atoms with Crippen molar-refractivity contribution >= 4 is 29.5 Å². The highest BCUT2D eigenvalue weighted by Crippen LogP contribution is 2.43. The molecule has 5 amide bonds. The van der Waals surface area contributed by atoms with Crippen LogP contribution in [0.5, 0.6) is 0 Å². The third-order valence-corrected chi connectivity index (χ3v) is 13.9. The van der Waals surface area contributed by atoms with E-state index < -0.39 is 23.9 Å². The highest BCUT2D eigenvalue weighted by molar-refractivity contribution is 5.99. The number of unbranched alkanes of at least 4 members (excludes halogenated alkanes) is 11. The predicted molar refractivity (Wildman–Crippen MR) is 245 cm³/mol. The van der Waals surface area contributed by atoms with Crippen LogP contribution in [0.15, 0.2) is 84.9 Å². The molecule has 0 spiro atoms. The van der Waals surface area contributed by atoms with Crippen LogP contribution in [-0.4, -0.2) is 97.4 Å². The first-order valence-electron chi connectivity index (χ1n) is 24.0. The van der Waals surface area contributed by atoms with E-state index in [-0.39, 0.29) is 73.1 Å². The van der Waals surface area contributed by atoms with Crippen LogP contribution < -0.4 is 16.0 Å². The number of amides is 5. The van der Waals surface area contributed by atoms with Gasteiger partial charge in [-0.15, -0.1) is 0 Å². The molecule has 3 aromatic carbocycles. The molecular formula is C52H69N5O6. The van der Waals surface area contributed by atoms with Gasteiger partial charge in [-0.25, -0.2) is 0 Å². The SMILES string of the molecule is CCCCCCCCCCCCCCNC(=O)[C@@H]1CN(C(=O)c2ccc(C(=O)N3C[C@@H](C(=O)N[C@H]4C[C@@H]4c4ccccc4)[C@H](C(=O)N[C@H]4C[C@@H]4c4ccccc4)C3)cc2)C[C@H]1OC. The normalized spacial score (nSPS) is 24.8. The highest BCUT2D eigenvalue weighted by atomic mass is 16.5. The number of hydrogen-bond acceptors (Lipinski definition) is 6. The Balaban J connectivity index is 0.888. The molecule has 0 aromatic heterocycles. The molecule has 0 radical (unpaired) electrons. The number of rotatable bonds is 23. The Kier molecular flexibility index (Phi) is 16.5. The maximum atomic E-state index is 14.0. The van der Waals surface area contributed by atoms with Crippen molar-refractivity contribution in [1.29, 1.82) is 0 Å². The lowest BCUT2D eigenvalue weighted by Crippen LogP contribution is -2.43. The molecule has 11 heteroatoms. The van der Waals surface area contributed by atoms with E-state index in [9.17, 15) is 24.0 Å². The molecule has 11 nitrogen and oxygen atoms in total.